The summed E-state index contributed by atoms with van der Waals surface area (Å²) in [5.41, 5.74) is 8.86. The van der Waals surface area contributed by atoms with Crippen LogP contribution in [0.15, 0.2) is 61.1 Å². The zero-order chi connectivity index (χ0) is 20.6. The first-order chi connectivity index (χ1) is 13.8. The maximum atomic E-state index is 12.8. The lowest BCUT2D eigenvalue weighted by Crippen LogP contribution is -2.45. The van der Waals surface area contributed by atoms with Gasteiger partial charge in [-0.05, 0) is 43.2 Å². The summed E-state index contributed by atoms with van der Waals surface area (Å²) in [7, 11) is 0. The van der Waals surface area contributed by atoms with Gasteiger partial charge in [-0.15, -0.1) is 0 Å². The molecule has 1 aliphatic rings. The molecule has 0 radical (unpaired) electrons. The van der Waals surface area contributed by atoms with Crippen LogP contribution >= 0.6 is 0 Å². The number of ether oxygens (including phenoxy) is 1. The highest BCUT2D eigenvalue weighted by molar-refractivity contribution is 5.94. The first-order valence-electron chi connectivity index (χ1n) is 9.29. The lowest BCUT2D eigenvalue weighted by Gasteiger charge is -2.28. The van der Waals surface area contributed by atoms with Gasteiger partial charge in [-0.3, -0.25) is 14.3 Å². The number of hydrogen-bond donors (Lipinski definition) is 1. The van der Waals surface area contributed by atoms with Gasteiger partial charge in [0.1, 0.15) is 13.1 Å². The highest BCUT2D eigenvalue weighted by Gasteiger charge is 2.37. The number of benzene rings is 2. The van der Waals surface area contributed by atoms with E-state index in [2.05, 4.69) is 4.98 Å². The molecule has 29 heavy (non-hydrogen) atoms. The standard InChI is InChI=1S/C22H22N4O3/c1-22(2)12-29-14-26(22)21(28)25-11-19(24-13-25)17-7-3-5-15(9-17)16-6-4-8-18(10-16)20(23)27/h3-11,13H,12,14H2,1-2H3,(H2,23,27). The number of carbonyl (C=O) groups excluding carboxylic acids is 2. The number of carbonyl (C=O) groups is 2. The molecule has 0 spiro atoms. The Morgan fingerprint density at radius 3 is 2.45 bits per heavy atom. The van der Waals surface area contributed by atoms with Gasteiger partial charge in [-0.2, -0.15) is 0 Å². The largest absolute Gasteiger partial charge is 0.366 e. The van der Waals surface area contributed by atoms with Crippen LogP contribution in [-0.2, 0) is 4.74 Å². The Labute approximate surface area is 168 Å². The third kappa shape index (κ3) is 3.64. The molecule has 0 atom stereocenters. The van der Waals surface area contributed by atoms with Crippen molar-refractivity contribution in [3.63, 3.8) is 0 Å². The van der Waals surface area contributed by atoms with E-state index < -0.39 is 5.91 Å². The number of hydrogen-bond acceptors (Lipinski definition) is 4. The van der Waals surface area contributed by atoms with Gasteiger partial charge < -0.3 is 10.5 Å². The zero-order valence-electron chi connectivity index (χ0n) is 16.3. The zero-order valence-corrected chi connectivity index (χ0v) is 16.3. The number of nitrogens with zero attached hydrogens (tertiary/aromatic N) is 3. The van der Waals surface area contributed by atoms with Crippen molar-refractivity contribution >= 4 is 11.9 Å². The lowest BCUT2D eigenvalue weighted by atomic mass is 10.00. The first kappa shape index (κ1) is 18.9. The van der Waals surface area contributed by atoms with E-state index in [1.165, 1.54) is 10.9 Å². The summed E-state index contributed by atoms with van der Waals surface area (Å²) in [6.07, 6.45) is 3.24. The van der Waals surface area contributed by atoms with Gasteiger partial charge in [0.05, 0.1) is 17.8 Å². The summed E-state index contributed by atoms with van der Waals surface area (Å²) in [5, 5.41) is 0. The number of imidazole rings is 1. The van der Waals surface area contributed by atoms with Crippen LogP contribution in [-0.4, -0.2) is 45.3 Å². The number of aromatic nitrogens is 2. The summed E-state index contributed by atoms with van der Waals surface area (Å²) in [5.74, 6) is -0.464. The van der Waals surface area contributed by atoms with Crippen LogP contribution in [0.25, 0.3) is 22.4 Å². The van der Waals surface area contributed by atoms with Crippen LogP contribution in [0.1, 0.15) is 24.2 Å². The summed E-state index contributed by atoms with van der Waals surface area (Å²) in [6.45, 7) is 4.72. The highest BCUT2D eigenvalue weighted by Crippen LogP contribution is 2.27. The summed E-state index contributed by atoms with van der Waals surface area (Å²) in [4.78, 5) is 30.4. The molecule has 1 saturated heterocycles. The highest BCUT2D eigenvalue weighted by atomic mass is 16.5. The predicted molar refractivity (Wildman–Crippen MR) is 109 cm³/mol. The average Bonchev–Trinajstić information content (AvgIpc) is 3.34. The Hall–Kier alpha value is -3.45. The molecule has 7 nitrogen and oxygen atoms in total. The van der Waals surface area contributed by atoms with Gasteiger partial charge in [0, 0.05) is 17.3 Å². The molecule has 0 aliphatic carbocycles. The fraction of sp³-hybridized carbons (Fsp3) is 0.227. The second kappa shape index (κ2) is 7.18. The van der Waals surface area contributed by atoms with Gasteiger partial charge in [0.25, 0.3) is 0 Å². The molecule has 1 aromatic heterocycles. The van der Waals surface area contributed by atoms with E-state index in [1.54, 1.807) is 29.3 Å². The molecule has 0 saturated carbocycles. The van der Waals surface area contributed by atoms with Crippen molar-refractivity contribution in [1.82, 2.24) is 14.5 Å². The smallest absolute Gasteiger partial charge is 0.331 e. The van der Waals surface area contributed by atoms with Crippen molar-refractivity contribution in [2.24, 2.45) is 5.73 Å². The van der Waals surface area contributed by atoms with E-state index in [9.17, 15) is 9.59 Å². The number of amides is 2. The Morgan fingerprint density at radius 1 is 1.07 bits per heavy atom. The normalized spacial score (nSPS) is 15.4. The van der Waals surface area contributed by atoms with Gasteiger partial charge in [0.15, 0.2) is 0 Å². The van der Waals surface area contributed by atoms with Crippen molar-refractivity contribution in [2.45, 2.75) is 19.4 Å². The topological polar surface area (TPSA) is 90.4 Å². The second-order valence-corrected chi connectivity index (χ2v) is 7.69. The quantitative estimate of drug-likeness (QED) is 0.742. The molecular formula is C22H22N4O3. The molecular weight excluding hydrogens is 368 g/mol. The number of primary amides is 1. The SMILES string of the molecule is CC1(C)COCN1C(=O)n1cnc(-c2cccc(-c3cccc(C(N)=O)c3)c2)c1. The third-order valence-electron chi connectivity index (χ3n) is 5.08. The number of nitrogens with two attached hydrogens (primary N) is 1. The second-order valence-electron chi connectivity index (χ2n) is 7.69. The molecule has 0 bridgehead atoms. The Bertz CT molecular complexity index is 1090. The summed E-state index contributed by atoms with van der Waals surface area (Å²) < 4.78 is 6.91. The Balaban J connectivity index is 1.62. The molecule has 2 heterocycles. The average molecular weight is 390 g/mol. The van der Waals surface area contributed by atoms with Crippen molar-refractivity contribution in [3.05, 3.63) is 66.6 Å². The molecule has 4 rings (SSSR count). The van der Waals surface area contributed by atoms with E-state index in [-0.39, 0.29) is 18.3 Å². The summed E-state index contributed by atoms with van der Waals surface area (Å²) >= 11 is 0. The maximum Gasteiger partial charge on any atom is 0.331 e. The molecule has 2 aromatic carbocycles. The van der Waals surface area contributed by atoms with Crippen LogP contribution in [0.4, 0.5) is 4.79 Å². The Kier molecular flexibility index (Phi) is 4.68. The molecule has 3 aromatic rings. The van der Waals surface area contributed by atoms with Crippen molar-refractivity contribution in [3.8, 4) is 22.4 Å². The molecule has 7 heteroatoms. The Morgan fingerprint density at radius 2 is 1.76 bits per heavy atom. The predicted octanol–water partition coefficient (Wildman–Crippen LogP) is 3.35. The van der Waals surface area contributed by atoms with Gasteiger partial charge in [0.2, 0.25) is 5.91 Å². The van der Waals surface area contributed by atoms with Crippen molar-refractivity contribution in [2.75, 3.05) is 13.3 Å². The van der Waals surface area contributed by atoms with E-state index >= 15 is 0 Å². The molecule has 148 valence electrons. The van der Waals surface area contributed by atoms with Crippen LogP contribution in [0.2, 0.25) is 0 Å². The molecule has 2 amide bonds. The van der Waals surface area contributed by atoms with Gasteiger partial charge in [-0.25, -0.2) is 9.78 Å². The minimum Gasteiger partial charge on any atom is -0.366 e. The van der Waals surface area contributed by atoms with Gasteiger partial charge in [-0.1, -0.05) is 30.3 Å². The van der Waals surface area contributed by atoms with E-state index in [1.807, 2.05) is 44.2 Å². The van der Waals surface area contributed by atoms with Crippen molar-refractivity contribution in [1.29, 1.82) is 0 Å². The van der Waals surface area contributed by atoms with Crippen LogP contribution in [0.3, 0.4) is 0 Å². The summed E-state index contributed by atoms with van der Waals surface area (Å²) in [6, 6.07) is 14.8. The van der Waals surface area contributed by atoms with Crippen LogP contribution in [0, 0.1) is 0 Å². The lowest BCUT2D eigenvalue weighted by molar-refractivity contribution is 0.1000. The third-order valence-corrected chi connectivity index (χ3v) is 5.08. The van der Waals surface area contributed by atoms with Crippen LogP contribution < -0.4 is 5.73 Å². The number of rotatable bonds is 3. The van der Waals surface area contributed by atoms with Crippen LogP contribution in [0.5, 0.6) is 0 Å². The molecule has 2 N–H and O–H groups in total. The minimum absolute atomic E-state index is 0.170. The van der Waals surface area contributed by atoms with Gasteiger partial charge >= 0.3 is 6.03 Å². The molecule has 0 unspecified atom stereocenters. The van der Waals surface area contributed by atoms with E-state index in [0.717, 1.165) is 16.7 Å². The fourth-order valence-electron chi connectivity index (χ4n) is 3.38. The van der Waals surface area contributed by atoms with Crippen molar-refractivity contribution < 1.29 is 14.3 Å². The molecule has 1 aliphatic heterocycles. The van der Waals surface area contributed by atoms with E-state index in [4.69, 9.17) is 10.5 Å². The fourth-order valence-corrected chi connectivity index (χ4v) is 3.38. The maximum absolute atomic E-state index is 12.8. The monoisotopic (exact) mass is 390 g/mol. The molecule has 1 fully saturated rings. The van der Waals surface area contributed by atoms with E-state index in [0.29, 0.717) is 17.9 Å². The first-order valence-corrected chi connectivity index (χ1v) is 9.29. The minimum atomic E-state index is -0.464.